The number of thioether (sulfide) groups is 1. The Morgan fingerprint density at radius 3 is 2.56 bits per heavy atom. The van der Waals surface area contributed by atoms with Gasteiger partial charge in [-0.3, -0.25) is 9.36 Å². The summed E-state index contributed by atoms with van der Waals surface area (Å²) >= 11 is 7.41. The molecule has 4 aromatic rings. The first kappa shape index (κ1) is 22.1. The first-order valence-corrected chi connectivity index (χ1v) is 11.5. The van der Waals surface area contributed by atoms with Gasteiger partial charge in [-0.2, -0.15) is 0 Å². The van der Waals surface area contributed by atoms with Gasteiger partial charge in [0, 0.05) is 16.3 Å². The smallest absolute Gasteiger partial charge is 0.237 e. The van der Waals surface area contributed by atoms with Gasteiger partial charge >= 0.3 is 0 Å². The molecule has 0 unspecified atom stereocenters. The largest absolute Gasteiger partial charge is 0.325 e. The summed E-state index contributed by atoms with van der Waals surface area (Å²) in [5, 5.41) is 12.7. The maximum Gasteiger partial charge on any atom is 0.237 e. The summed E-state index contributed by atoms with van der Waals surface area (Å²) in [7, 11) is 0. The van der Waals surface area contributed by atoms with Crippen LogP contribution in [0.4, 0.5) is 5.69 Å². The number of carbonyl (C=O) groups is 1. The zero-order chi connectivity index (χ0) is 22.5. The Kier molecular flexibility index (Phi) is 6.93. The second kappa shape index (κ2) is 10.0. The molecular weight excluding hydrogens is 440 g/mol. The molecule has 162 valence electrons. The molecule has 0 spiro atoms. The van der Waals surface area contributed by atoms with Crippen molar-refractivity contribution in [2.45, 2.75) is 30.8 Å². The fraction of sp³-hybridized carbons (Fsp3) is 0.160. The average molecular weight is 463 g/mol. The summed E-state index contributed by atoms with van der Waals surface area (Å²) in [4.78, 5) is 12.8. The van der Waals surface area contributed by atoms with Crippen LogP contribution in [0.5, 0.6) is 0 Å². The van der Waals surface area contributed by atoms with Crippen molar-refractivity contribution in [3.8, 4) is 11.4 Å². The molecule has 0 fully saturated rings. The van der Waals surface area contributed by atoms with Crippen molar-refractivity contribution in [2.24, 2.45) is 0 Å². The van der Waals surface area contributed by atoms with Gasteiger partial charge in [-0.05, 0) is 43.7 Å². The minimum atomic E-state index is -0.377. The summed E-state index contributed by atoms with van der Waals surface area (Å²) in [6.45, 7) is 4.53. The third-order valence-electron chi connectivity index (χ3n) is 4.92. The van der Waals surface area contributed by atoms with Crippen LogP contribution in [0, 0.1) is 6.92 Å². The molecule has 7 heteroatoms. The second-order valence-corrected chi connectivity index (χ2v) is 9.25. The standard InChI is InChI=1S/C25H23ClN4OS/c1-17-8-6-11-20(14-17)23-28-29-25(30(23)16-19-9-4-3-5-10-19)32-18(2)24(31)27-22-13-7-12-21(26)15-22/h3-15,18H,16H2,1-2H3,(H,27,31)/t18-/m1/s1. The van der Waals surface area contributed by atoms with Gasteiger partial charge in [-0.1, -0.05) is 83.5 Å². The van der Waals surface area contributed by atoms with E-state index in [-0.39, 0.29) is 11.2 Å². The molecule has 32 heavy (non-hydrogen) atoms. The number of amides is 1. The number of rotatable bonds is 7. The van der Waals surface area contributed by atoms with Gasteiger partial charge in [-0.15, -0.1) is 10.2 Å². The van der Waals surface area contributed by atoms with Crippen LogP contribution in [0.1, 0.15) is 18.1 Å². The number of halogens is 1. The molecule has 0 saturated carbocycles. The van der Waals surface area contributed by atoms with Gasteiger partial charge in [0.2, 0.25) is 5.91 Å². The Hall–Kier alpha value is -3.09. The fourth-order valence-electron chi connectivity index (χ4n) is 3.30. The molecule has 1 N–H and O–H groups in total. The highest BCUT2D eigenvalue weighted by molar-refractivity contribution is 8.00. The van der Waals surface area contributed by atoms with Crippen LogP contribution in [-0.4, -0.2) is 25.9 Å². The van der Waals surface area contributed by atoms with Crippen molar-refractivity contribution in [3.05, 3.63) is 95.0 Å². The van der Waals surface area contributed by atoms with Gasteiger partial charge in [0.25, 0.3) is 0 Å². The quantitative estimate of drug-likeness (QED) is 0.338. The van der Waals surface area contributed by atoms with Gasteiger partial charge in [-0.25, -0.2) is 0 Å². The first-order valence-electron chi connectivity index (χ1n) is 10.3. The third kappa shape index (κ3) is 5.39. The zero-order valence-corrected chi connectivity index (χ0v) is 19.4. The number of nitrogens with one attached hydrogen (secondary N) is 1. The number of benzene rings is 3. The third-order valence-corrected chi connectivity index (χ3v) is 6.24. The lowest BCUT2D eigenvalue weighted by Crippen LogP contribution is -2.23. The zero-order valence-electron chi connectivity index (χ0n) is 17.8. The molecule has 0 aliphatic rings. The minimum absolute atomic E-state index is 0.122. The summed E-state index contributed by atoms with van der Waals surface area (Å²) in [5.41, 5.74) is 3.96. The maximum absolute atomic E-state index is 12.8. The molecule has 5 nitrogen and oxygen atoms in total. The van der Waals surface area contributed by atoms with Crippen LogP contribution < -0.4 is 5.32 Å². The topological polar surface area (TPSA) is 59.8 Å². The summed E-state index contributed by atoms with van der Waals surface area (Å²) in [5.74, 6) is 0.658. The van der Waals surface area contributed by atoms with E-state index in [1.807, 2.05) is 43.3 Å². The van der Waals surface area contributed by atoms with Crippen LogP contribution in [0.15, 0.2) is 84.0 Å². The van der Waals surface area contributed by atoms with E-state index in [0.29, 0.717) is 22.4 Å². The number of aromatic nitrogens is 3. The average Bonchev–Trinajstić information content (AvgIpc) is 3.16. The van der Waals surface area contributed by atoms with Crippen LogP contribution in [0.3, 0.4) is 0 Å². The molecule has 0 aliphatic carbocycles. The number of anilines is 1. The maximum atomic E-state index is 12.8. The molecule has 0 saturated heterocycles. The van der Waals surface area contributed by atoms with Gasteiger partial charge in [0.15, 0.2) is 11.0 Å². The Morgan fingerprint density at radius 2 is 1.81 bits per heavy atom. The summed E-state index contributed by atoms with van der Waals surface area (Å²) < 4.78 is 2.07. The molecule has 1 heterocycles. The van der Waals surface area contributed by atoms with Crippen LogP contribution in [-0.2, 0) is 11.3 Å². The van der Waals surface area contributed by atoms with E-state index in [1.165, 1.54) is 11.8 Å². The Bertz CT molecular complexity index is 1230. The van der Waals surface area contributed by atoms with E-state index < -0.39 is 0 Å². The van der Waals surface area contributed by atoms with E-state index in [4.69, 9.17) is 11.6 Å². The van der Waals surface area contributed by atoms with E-state index in [1.54, 1.807) is 18.2 Å². The lowest BCUT2D eigenvalue weighted by Gasteiger charge is -2.14. The van der Waals surface area contributed by atoms with Crippen LogP contribution >= 0.6 is 23.4 Å². The first-order chi connectivity index (χ1) is 15.5. The second-order valence-electron chi connectivity index (χ2n) is 7.51. The van der Waals surface area contributed by atoms with Gasteiger partial charge in [0.05, 0.1) is 11.8 Å². The van der Waals surface area contributed by atoms with Gasteiger partial charge < -0.3 is 5.32 Å². The van der Waals surface area contributed by atoms with Crippen molar-refractivity contribution in [3.63, 3.8) is 0 Å². The number of nitrogens with zero attached hydrogens (tertiary/aromatic N) is 3. The molecule has 1 aromatic heterocycles. The van der Waals surface area contributed by atoms with Crippen molar-refractivity contribution < 1.29 is 4.79 Å². The Balaban J connectivity index is 1.60. The molecule has 0 radical (unpaired) electrons. The highest BCUT2D eigenvalue weighted by atomic mass is 35.5. The predicted molar refractivity (Wildman–Crippen MR) is 131 cm³/mol. The van der Waals surface area contributed by atoms with Crippen LogP contribution in [0.25, 0.3) is 11.4 Å². The molecule has 3 aromatic carbocycles. The van der Waals surface area contributed by atoms with E-state index in [9.17, 15) is 4.79 Å². The van der Waals surface area contributed by atoms with Crippen LogP contribution in [0.2, 0.25) is 5.02 Å². The number of aryl methyl sites for hydroxylation is 1. The van der Waals surface area contributed by atoms with Crippen molar-refractivity contribution >= 4 is 35.0 Å². The Labute approximate surface area is 196 Å². The fourth-order valence-corrected chi connectivity index (χ4v) is 4.34. The van der Waals surface area contributed by atoms with E-state index in [0.717, 1.165) is 22.5 Å². The van der Waals surface area contributed by atoms with Crippen molar-refractivity contribution in [2.75, 3.05) is 5.32 Å². The molecule has 0 aliphatic heterocycles. The van der Waals surface area contributed by atoms with E-state index in [2.05, 4.69) is 51.3 Å². The number of hydrogen-bond donors (Lipinski definition) is 1. The highest BCUT2D eigenvalue weighted by Gasteiger charge is 2.21. The normalized spacial score (nSPS) is 11.8. The van der Waals surface area contributed by atoms with Gasteiger partial charge in [0.1, 0.15) is 0 Å². The monoisotopic (exact) mass is 462 g/mol. The molecule has 0 bridgehead atoms. The number of carbonyl (C=O) groups excluding carboxylic acids is 1. The van der Waals surface area contributed by atoms with Crippen molar-refractivity contribution in [1.82, 2.24) is 14.8 Å². The highest BCUT2D eigenvalue weighted by Crippen LogP contribution is 2.29. The predicted octanol–water partition coefficient (Wildman–Crippen LogP) is 6.07. The lowest BCUT2D eigenvalue weighted by molar-refractivity contribution is -0.115. The molecule has 1 amide bonds. The molecule has 1 atom stereocenters. The van der Waals surface area contributed by atoms with E-state index >= 15 is 0 Å². The molecule has 4 rings (SSSR count). The lowest BCUT2D eigenvalue weighted by atomic mass is 10.1. The molecular formula is C25H23ClN4OS. The number of hydrogen-bond acceptors (Lipinski definition) is 4. The van der Waals surface area contributed by atoms with Crippen molar-refractivity contribution in [1.29, 1.82) is 0 Å². The minimum Gasteiger partial charge on any atom is -0.325 e. The summed E-state index contributed by atoms with van der Waals surface area (Å²) in [6.07, 6.45) is 0. The Morgan fingerprint density at radius 1 is 1.03 bits per heavy atom. The SMILES string of the molecule is Cc1cccc(-c2nnc(S[C@H](C)C(=O)Nc3cccc(Cl)c3)n2Cc2ccccc2)c1. The summed E-state index contributed by atoms with van der Waals surface area (Å²) in [6, 6.07) is 25.5.